The third kappa shape index (κ3) is 4.39. The fourth-order valence-electron chi connectivity index (χ4n) is 2.26. The molecule has 0 saturated carbocycles. The number of amides is 2. The molecular formula is C13H22N4O5S. The number of hydrogen-bond donors (Lipinski definition) is 7. The first kappa shape index (κ1) is 17.6. The monoisotopic (exact) mass is 346 g/mol. The SMILES string of the molecule is CCNC(=O)NCCc1ccc(N2CC(O)NS2(O)O)c(O)c1. The Morgan fingerprint density at radius 1 is 1.43 bits per heavy atom. The van der Waals surface area contributed by atoms with Gasteiger partial charge in [0.25, 0.3) is 0 Å². The molecule has 9 nitrogen and oxygen atoms in total. The molecule has 1 unspecified atom stereocenters. The van der Waals surface area contributed by atoms with E-state index in [-0.39, 0.29) is 24.0 Å². The molecule has 1 aliphatic heterocycles. The summed E-state index contributed by atoms with van der Waals surface area (Å²) >= 11 is 0. The lowest BCUT2D eigenvalue weighted by atomic mass is 10.1. The summed E-state index contributed by atoms with van der Waals surface area (Å²) in [5.74, 6) is -0.128. The average Bonchev–Trinajstić information content (AvgIpc) is 2.72. The number of anilines is 1. The van der Waals surface area contributed by atoms with Crippen LogP contribution in [0.5, 0.6) is 5.75 Å². The molecule has 1 aromatic rings. The van der Waals surface area contributed by atoms with E-state index in [4.69, 9.17) is 0 Å². The van der Waals surface area contributed by atoms with E-state index >= 15 is 0 Å². The van der Waals surface area contributed by atoms with Crippen molar-refractivity contribution < 1.29 is 24.1 Å². The second-order valence-corrected chi connectivity index (χ2v) is 6.79. The third-order valence-electron chi connectivity index (χ3n) is 3.29. The molecule has 2 amide bonds. The van der Waals surface area contributed by atoms with Gasteiger partial charge in [-0.25, -0.2) is 4.79 Å². The first-order chi connectivity index (χ1) is 10.8. The van der Waals surface area contributed by atoms with Crippen LogP contribution in [0.2, 0.25) is 0 Å². The minimum absolute atomic E-state index is 0.0476. The molecule has 0 aliphatic carbocycles. The summed E-state index contributed by atoms with van der Waals surface area (Å²) in [6, 6.07) is 4.51. The highest BCUT2D eigenvalue weighted by Gasteiger charge is 2.36. The van der Waals surface area contributed by atoms with E-state index in [1.807, 2.05) is 6.92 Å². The number of carbonyl (C=O) groups excluding carboxylic acids is 1. The topological polar surface area (TPSA) is 137 Å². The number of aliphatic hydroxyl groups excluding tert-OH is 1. The zero-order chi connectivity index (χ0) is 17.0. The van der Waals surface area contributed by atoms with Gasteiger partial charge < -0.3 is 20.8 Å². The van der Waals surface area contributed by atoms with Crippen LogP contribution in [0.4, 0.5) is 10.5 Å². The van der Waals surface area contributed by atoms with Gasteiger partial charge in [0, 0.05) is 13.1 Å². The predicted molar refractivity (Wildman–Crippen MR) is 88.2 cm³/mol. The Morgan fingerprint density at radius 2 is 2.17 bits per heavy atom. The molecule has 1 aromatic carbocycles. The van der Waals surface area contributed by atoms with E-state index < -0.39 is 17.2 Å². The molecule has 23 heavy (non-hydrogen) atoms. The summed E-state index contributed by atoms with van der Waals surface area (Å²) in [6.45, 7) is 2.73. The van der Waals surface area contributed by atoms with Gasteiger partial charge in [-0.3, -0.25) is 13.4 Å². The van der Waals surface area contributed by atoms with Crippen LogP contribution in [-0.4, -0.2) is 51.2 Å². The molecule has 1 aliphatic rings. The number of aromatic hydroxyl groups is 1. The molecule has 1 fully saturated rings. The number of aliphatic hydroxyl groups is 1. The Labute approximate surface area is 135 Å². The van der Waals surface area contributed by atoms with Gasteiger partial charge >= 0.3 is 6.03 Å². The third-order valence-corrected chi connectivity index (χ3v) is 4.83. The van der Waals surface area contributed by atoms with Crippen LogP contribution in [-0.2, 0) is 6.42 Å². The fourth-order valence-corrected chi connectivity index (χ4v) is 3.60. The number of carbonyl (C=O) groups is 1. The number of nitrogens with one attached hydrogen (secondary N) is 3. The molecule has 0 radical (unpaired) electrons. The van der Waals surface area contributed by atoms with Crippen LogP contribution in [0.15, 0.2) is 18.2 Å². The van der Waals surface area contributed by atoms with Crippen LogP contribution in [0.1, 0.15) is 12.5 Å². The second-order valence-electron chi connectivity index (χ2n) is 5.07. The maximum absolute atomic E-state index is 11.3. The van der Waals surface area contributed by atoms with Crippen LogP contribution < -0.4 is 19.7 Å². The average molecular weight is 346 g/mol. The minimum atomic E-state index is -3.35. The summed E-state index contributed by atoms with van der Waals surface area (Å²) in [7, 11) is -3.35. The summed E-state index contributed by atoms with van der Waals surface area (Å²) in [5.41, 5.74) is 1.00. The van der Waals surface area contributed by atoms with Crippen molar-refractivity contribution in [2.75, 3.05) is 23.9 Å². The first-order valence-corrected chi connectivity index (χ1v) is 8.68. The van der Waals surface area contributed by atoms with Gasteiger partial charge in [-0.2, -0.15) is 4.72 Å². The second kappa shape index (κ2) is 7.23. The van der Waals surface area contributed by atoms with Gasteiger partial charge in [-0.15, -0.1) is 0 Å². The van der Waals surface area contributed by atoms with Crippen molar-refractivity contribution in [2.24, 2.45) is 0 Å². The molecule has 1 atom stereocenters. The van der Waals surface area contributed by atoms with E-state index in [2.05, 4.69) is 15.4 Å². The maximum atomic E-state index is 11.3. The Hall–Kier alpha value is -1.72. The van der Waals surface area contributed by atoms with E-state index in [0.29, 0.717) is 19.5 Å². The van der Waals surface area contributed by atoms with E-state index in [9.17, 15) is 24.1 Å². The number of rotatable bonds is 5. The molecule has 2 rings (SSSR count). The largest absolute Gasteiger partial charge is 0.506 e. The number of phenolic OH excluding ortho intramolecular Hbond substituents is 1. The zero-order valence-corrected chi connectivity index (χ0v) is 13.5. The Bertz CT molecular complexity index is 571. The van der Waals surface area contributed by atoms with E-state index in [1.54, 1.807) is 12.1 Å². The molecule has 0 aromatic heterocycles. The molecule has 7 N–H and O–H groups in total. The highest BCUT2D eigenvalue weighted by Crippen LogP contribution is 2.49. The van der Waals surface area contributed by atoms with Gasteiger partial charge in [-0.1, -0.05) is 17.0 Å². The van der Waals surface area contributed by atoms with Crippen molar-refractivity contribution in [3.63, 3.8) is 0 Å². The lowest BCUT2D eigenvalue weighted by Gasteiger charge is -2.36. The van der Waals surface area contributed by atoms with Gasteiger partial charge in [0.15, 0.2) is 0 Å². The summed E-state index contributed by atoms with van der Waals surface area (Å²) in [4.78, 5) is 11.3. The fraction of sp³-hybridized carbons (Fsp3) is 0.462. The van der Waals surface area contributed by atoms with Crippen molar-refractivity contribution in [2.45, 2.75) is 19.6 Å². The molecule has 10 heteroatoms. The maximum Gasteiger partial charge on any atom is 0.314 e. The Kier molecular flexibility index (Phi) is 5.55. The van der Waals surface area contributed by atoms with Gasteiger partial charge in [0.2, 0.25) is 0 Å². The Morgan fingerprint density at radius 3 is 2.74 bits per heavy atom. The van der Waals surface area contributed by atoms with E-state index in [1.165, 1.54) is 6.07 Å². The van der Waals surface area contributed by atoms with Gasteiger partial charge in [-0.05, 0) is 31.0 Å². The van der Waals surface area contributed by atoms with Crippen LogP contribution in [0.3, 0.4) is 0 Å². The minimum Gasteiger partial charge on any atom is -0.506 e. The smallest absolute Gasteiger partial charge is 0.314 e. The molecule has 1 heterocycles. The summed E-state index contributed by atoms with van der Waals surface area (Å²) < 4.78 is 23.1. The molecule has 0 spiro atoms. The van der Waals surface area contributed by atoms with Crippen LogP contribution >= 0.6 is 11.0 Å². The number of nitrogens with zero attached hydrogens (tertiary/aromatic N) is 1. The van der Waals surface area contributed by atoms with Crippen LogP contribution in [0.25, 0.3) is 0 Å². The predicted octanol–water partition coefficient (Wildman–Crippen LogP) is 0.562. The molecule has 130 valence electrons. The van der Waals surface area contributed by atoms with Crippen molar-refractivity contribution in [1.82, 2.24) is 15.4 Å². The lowest BCUT2D eigenvalue weighted by Crippen LogP contribution is -2.36. The van der Waals surface area contributed by atoms with Gasteiger partial charge in [0.05, 0.1) is 6.54 Å². The highest BCUT2D eigenvalue weighted by molar-refractivity contribution is 8.24. The van der Waals surface area contributed by atoms with Crippen molar-refractivity contribution in [1.29, 1.82) is 0 Å². The standard InChI is InChI=1S/C13H22N4O5S/c1-2-14-13(20)15-6-5-9-3-4-10(11(18)7-9)17-8-12(19)16-23(17,21)22/h3-4,7,12,16,18-19,21-22H,2,5-6,8H2,1H3,(H2,14,15,20). The first-order valence-electron chi connectivity index (χ1n) is 7.18. The zero-order valence-electron chi connectivity index (χ0n) is 12.7. The molecule has 0 bridgehead atoms. The lowest BCUT2D eigenvalue weighted by molar-refractivity contribution is 0.182. The summed E-state index contributed by atoms with van der Waals surface area (Å²) in [6.07, 6.45) is -0.567. The van der Waals surface area contributed by atoms with Crippen molar-refractivity contribution >= 4 is 22.7 Å². The van der Waals surface area contributed by atoms with Crippen molar-refractivity contribution in [3.05, 3.63) is 23.8 Å². The molecular weight excluding hydrogens is 324 g/mol. The number of phenols is 1. The van der Waals surface area contributed by atoms with E-state index in [0.717, 1.165) is 9.87 Å². The van der Waals surface area contributed by atoms with Crippen LogP contribution in [0, 0.1) is 0 Å². The number of benzene rings is 1. The van der Waals surface area contributed by atoms with Crippen molar-refractivity contribution in [3.8, 4) is 5.75 Å². The quantitative estimate of drug-likeness (QED) is 0.414. The number of hydrogen-bond acceptors (Lipinski definition) is 7. The summed E-state index contributed by atoms with van der Waals surface area (Å²) in [5, 5.41) is 24.9. The van der Waals surface area contributed by atoms with Gasteiger partial charge in [0.1, 0.15) is 17.7 Å². The normalized spacial score (nSPS) is 21.0. The number of β-amino-alcohol motifs (C(OH)–C–C–N with tert-alkyl or cyclic N) is 1. The highest BCUT2D eigenvalue weighted by atomic mass is 32.3. The Balaban J connectivity index is 2.00. The number of urea groups is 1. The molecule has 1 saturated heterocycles.